The van der Waals surface area contributed by atoms with Gasteiger partial charge in [-0.15, -0.1) is 0 Å². The van der Waals surface area contributed by atoms with Crippen LogP contribution >= 0.6 is 0 Å². The van der Waals surface area contributed by atoms with E-state index in [9.17, 15) is 4.39 Å². The molecule has 0 bridgehead atoms. The van der Waals surface area contributed by atoms with Crippen molar-refractivity contribution in [3.8, 4) is 0 Å². The molecule has 94 valence electrons. The van der Waals surface area contributed by atoms with E-state index in [1.54, 1.807) is 19.4 Å². The van der Waals surface area contributed by atoms with E-state index in [2.05, 4.69) is 25.6 Å². The molecule has 0 spiro atoms. The molecule has 0 fully saturated rings. The Morgan fingerprint density at radius 3 is 2.67 bits per heavy atom. The van der Waals surface area contributed by atoms with E-state index < -0.39 is 5.82 Å². The van der Waals surface area contributed by atoms with E-state index in [0.717, 1.165) is 11.8 Å². The SMILES string of the molecule is CNc1ncc(F)c(NC(C)c2ccncc2)n1. The number of hydrogen-bond acceptors (Lipinski definition) is 5. The standard InChI is InChI=1S/C12H14FN5/c1-8(9-3-5-15-6-4-9)17-11-10(13)7-16-12(14-2)18-11/h3-8H,1-2H3,(H2,14,16,17,18). The summed E-state index contributed by atoms with van der Waals surface area (Å²) in [5.41, 5.74) is 1.01. The van der Waals surface area contributed by atoms with Crippen molar-refractivity contribution in [2.24, 2.45) is 0 Å². The van der Waals surface area contributed by atoms with Crippen LogP contribution in [0.3, 0.4) is 0 Å². The van der Waals surface area contributed by atoms with Crippen LogP contribution in [0, 0.1) is 5.82 Å². The maximum absolute atomic E-state index is 13.6. The lowest BCUT2D eigenvalue weighted by Crippen LogP contribution is -2.11. The van der Waals surface area contributed by atoms with Crippen molar-refractivity contribution in [1.29, 1.82) is 0 Å². The number of pyridine rings is 1. The largest absolute Gasteiger partial charge is 0.361 e. The first kappa shape index (κ1) is 12.2. The summed E-state index contributed by atoms with van der Waals surface area (Å²) >= 11 is 0. The fraction of sp³-hybridized carbons (Fsp3) is 0.250. The lowest BCUT2D eigenvalue weighted by molar-refractivity contribution is 0.614. The second-order valence-corrected chi connectivity index (χ2v) is 3.79. The Balaban J connectivity index is 2.18. The summed E-state index contributed by atoms with van der Waals surface area (Å²) in [6.07, 6.45) is 4.53. The highest BCUT2D eigenvalue weighted by Crippen LogP contribution is 2.19. The smallest absolute Gasteiger partial charge is 0.224 e. The Morgan fingerprint density at radius 2 is 2.00 bits per heavy atom. The fourth-order valence-electron chi connectivity index (χ4n) is 1.53. The quantitative estimate of drug-likeness (QED) is 0.867. The third-order valence-electron chi connectivity index (χ3n) is 2.53. The second-order valence-electron chi connectivity index (χ2n) is 3.79. The minimum absolute atomic E-state index is 0.0675. The first-order chi connectivity index (χ1) is 8.70. The van der Waals surface area contributed by atoms with E-state index in [0.29, 0.717) is 5.95 Å². The molecule has 2 N–H and O–H groups in total. The van der Waals surface area contributed by atoms with Crippen LogP contribution < -0.4 is 10.6 Å². The van der Waals surface area contributed by atoms with Crippen molar-refractivity contribution < 1.29 is 4.39 Å². The summed E-state index contributed by atoms with van der Waals surface area (Å²) in [4.78, 5) is 11.8. The first-order valence-corrected chi connectivity index (χ1v) is 5.57. The van der Waals surface area contributed by atoms with Crippen molar-refractivity contribution in [1.82, 2.24) is 15.0 Å². The van der Waals surface area contributed by atoms with E-state index in [-0.39, 0.29) is 11.9 Å². The van der Waals surface area contributed by atoms with Crippen molar-refractivity contribution in [2.75, 3.05) is 17.7 Å². The second kappa shape index (κ2) is 5.39. The van der Waals surface area contributed by atoms with Gasteiger partial charge >= 0.3 is 0 Å². The van der Waals surface area contributed by atoms with Crippen molar-refractivity contribution in [3.05, 3.63) is 42.1 Å². The molecular formula is C12H14FN5. The molecule has 0 saturated heterocycles. The number of aromatic nitrogens is 3. The summed E-state index contributed by atoms with van der Waals surface area (Å²) < 4.78 is 13.6. The molecule has 0 radical (unpaired) electrons. The van der Waals surface area contributed by atoms with Crippen molar-refractivity contribution in [3.63, 3.8) is 0 Å². The molecule has 5 nitrogen and oxygen atoms in total. The molecule has 0 aromatic carbocycles. The first-order valence-electron chi connectivity index (χ1n) is 5.57. The lowest BCUT2D eigenvalue weighted by Gasteiger charge is -2.15. The topological polar surface area (TPSA) is 62.7 Å². The van der Waals surface area contributed by atoms with Gasteiger partial charge < -0.3 is 10.6 Å². The van der Waals surface area contributed by atoms with Gasteiger partial charge in [0.25, 0.3) is 0 Å². The molecule has 0 amide bonds. The summed E-state index contributed by atoms with van der Waals surface area (Å²) in [5.74, 6) is 0.0781. The number of nitrogens with one attached hydrogen (secondary N) is 2. The molecule has 0 aliphatic heterocycles. The van der Waals surface area contributed by atoms with Crippen LogP contribution in [-0.4, -0.2) is 22.0 Å². The zero-order chi connectivity index (χ0) is 13.0. The molecule has 0 saturated carbocycles. The number of rotatable bonds is 4. The number of hydrogen-bond donors (Lipinski definition) is 2. The van der Waals surface area contributed by atoms with Gasteiger partial charge in [-0.05, 0) is 24.6 Å². The van der Waals surface area contributed by atoms with Crippen LogP contribution in [0.2, 0.25) is 0 Å². The van der Waals surface area contributed by atoms with Crippen LogP contribution in [0.1, 0.15) is 18.5 Å². The normalized spacial score (nSPS) is 11.9. The summed E-state index contributed by atoms with van der Waals surface area (Å²) in [6.45, 7) is 1.93. The van der Waals surface area contributed by atoms with Gasteiger partial charge in [-0.3, -0.25) is 4.98 Å². The summed E-state index contributed by atoms with van der Waals surface area (Å²) in [5, 5.41) is 5.78. The van der Waals surface area contributed by atoms with Gasteiger partial charge in [-0.1, -0.05) is 0 Å². The Labute approximate surface area is 105 Å². The zero-order valence-corrected chi connectivity index (χ0v) is 10.2. The predicted octanol–water partition coefficient (Wildman–Crippen LogP) is 2.23. The van der Waals surface area contributed by atoms with Crippen LogP contribution in [0.15, 0.2) is 30.7 Å². The lowest BCUT2D eigenvalue weighted by atomic mass is 10.1. The van der Waals surface area contributed by atoms with Crippen molar-refractivity contribution >= 4 is 11.8 Å². The highest BCUT2D eigenvalue weighted by atomic mass is 19.1. The number of halogens is 1. The van der Waals surface area contributed by atoms with Gasteiger partial charge in [0.15, 0.2) is 11.6 Å². The molecule has 2 aromatic heterocycles. The van der Waals surface area contributed by atoms with Gasteiger partial charge in [0.05, 0.1) is 12.2 Å². The maximum atomic E-state index is 13.6. The molecular weight excluding hydrogens is 233 g/mol. The third kappa shape index (κ3) is 2.71. The number of anilines is 2. The van der Waals surface area contributed by atoms with Gasteiger partial charge in [-0.25, -0.2) is 9.37 Å². The average Bonchev–Trinajstić information content (AvgIpc) is 2.42. The van der Waals surface area contributed by atoms with Crippen LogP contribution in [-0.2, 0) is 0 Å². The predicted molar refractivity (Wildman–Crippen MR) is 67.8 cm³/mol. The van der Waals surface area contributed by atoms with Gasteiger partial charge in [0.1, 0.15) is 0 Å². The molecule has 1 unspecified atom stereocenters. The van der Waals surface area contributed by atoms with E-state index >= 15 is 0 Å². The highest BCUT2D eigenvalue weighted by molar-refractivity contribution is 5.42. The Bertz CT molecular complexity index is 517. The molecule has 1 atom stereocenters. The molecule has 0 aliphatic carbocycles. The fourth-order valence-corrected chi connectivity index (χ4v) is 1.53. The summed E-state index contributed by atoms with van der Waals surface area (Å²) in [7, 11) is 1.68. The van der Waals surface area contributed by atoms with Gasteiger partial charge in [0.2, 0.25) is 5.95 Å². The van der Waals surface area contributed by atoms with Crippen molar-refractivity contribution in [2.45, 2.75) is 13.0 Å². The molecule has 6 heteroatoms. The van der Waals surface area contributed by atoms with E-state index in [1.807, 2.05) is 19.1 Å². The monoisotopic (exact) mass is 247 g/mol. The zero-order valence-electron chi connectivity index (χ0n) is 10.2. The molecule has 2 heterocycles. The minimum atomic E-state index is -0.477. The Hall–Kier alpha value is -2.24. The molecule has 2 aromatic rings. The average molecular weight is 247 g/mol. The van der Waals surface area contributed by atoms with Gasteiger partial charge in [0, 0.05) is 19.4 Å². The molecule has 0 aliphatic rings. The maximum Gasteiger partial charge on any atom is 0.224 e. The third-order valence-corrected chi connectivity index (χ3v) is 2.53. The van der Waals surface area contributed by atoms with Crippen LogP contribution in [0.4, 0.5) is 16.2 Å². The Kier molecular flexibility index (Phi) is 3.66. The summed E-state index contributed by atoms with van der Waals surface area (Å²) in [6, 6.07) is 3.67. The number of nitrogens with zero attached hydrogens (tertiary/aromatic N) is 3. The minimum Gasteiger partial charge on any atom is -0.361 e. The van der Waals surface area contributed by atoms with E-state index in [1.165, 1.54) is 0 Å². The molecule has 2 rings (SSSR count). The molecule has 18 heavy (non-hydrogen) atoms. The van der Waals surface area contributed by atoms with Crippen LogP contribution in [0.25, 0.3) is 0 Å². The Morgan fingerprint density at radius 1 is 1.28 bits per heavy atom. The van der Waals surface area contributed by atoms with Crippen LogP contribution in [0.5, 0.6) is 0 Å². The van der Waals surface area contributed by atoms with Gasteiger partial charge in [-0.2, -0.15) is 4.98 Å². The van der Waals surface area contributed by atoms with E-state index in [4.69, 9.17) is 0 Å². The highest BCUT2D eigenvalue weighted by Gasteiger charge is 2.10.